The van der Waals surface area contributed by atoms with E-state index < -0.39 is 21.8 Å². The molecule has 1 heterocycles. The van der Waals surface area contributed by atoms with Crippen molar-refractivity contribution >= 4 is 21.5 Å². The van der Waals surface area contributed by atoms with Gasteiger partial charge >= 0.3 is 6.18 Å². The number of aryl methyl sites for hydroxylation is 1. The van der Waals surface area contributed by atoms with E-state index in [1.807, 2.05) is 0 Å². The minimum atomic E-state index is -4.60. The summed E-state index contributed by atoms with van der Waals surface area (Å²) < 4.78 is 63.5. The summed E-state index contributed by atoms with van der Waals surface area (Å²) in [6.07, 6.45) is -3.76. The van der Waals surface area contributed by atoms with Crippen molar-refractivity contribution in [1.82, 2.24) is 10.2 Å². The van der Waals surface area contributed by atoms with Crippen LogP contribution < -0.4 is 10.5 Å². The predicted molar refractivity (Wildman–Crippen MR) is 80.1 cm³/mol. The largest absolute Gasteiger partial charge is 0.416 e. The number of benzene rings is 1. The van der Waals surface area contributed by atoms with E-state index in [0.29, 0.717) is 11.6 Å². The van der Waals surface area contributed by atoms with Crippen molar-refractivity contribution in [2.24, 2.45) is 0 Å². The van der Waals surface area contributed by atoms with Gasteiger partial charge in [0.1, 0.15) is 5.82 Å². The van der Waals surface area contributed by atoms with Crippen molar-refractivity contribution in [2.45, 2.75) is 13.1 Å². The molecule has 0 atom stereocenters. The number of sulfonamides is 1. The molecule has 10 heteroatoms. The van der Waals surface area contributed by atoms with Crippen LogP contribution in [0.15, 0.2) is 24.3 Å². The molecule has 124 valence electrons. The third-order valence-electron chi connectivity index (χ3n) is 2.90. The lowest BCUT2D eigenvalue weighted by atomic mass is 10.0. The summed E-state index contributed by atoms with van der Waals surface area (Å²) in [5, 5.41) is 7.49. The Bertz CT molecular complexity index is 851. The molecule has 0 unspecified atom stereocenters. The molecule has 0 saturated heterocycles. The number of rotatable bonds is 3. The van der Waals surface area contributed by atoms with Crippen molar-refractivity contribution in [3.63, 3.8) is 0 Å². The molecule has 2 aromatic rings. The van der Waals surface area contributed by atoms with E-state index in [2.05, 4.69) is 14.9 Å². The van der Waals surface area contributed by atoms with Crippen LogP contribution in [-0.4, -0.2) is 24.9 Å². The van der Waals surface area contributed by atoms with E-state index in [9.17, 15) is 21.6 Å². The quantitative estimate of drug-likeness (QED) is 0.889. The number of nitrogen functional groups attached to an aromatic ring is 1. The standard InChI is InChI=1S/C13H13F3N4O2S/c1-7-5-11(17)18-19-12(7)9-4-3-8(13(14,15)16)6-10(9)20-23(2,21)22/h3-6,20H,1-2H3,(H2,17,18). The second kappa shape index (κ2) is 5.69. The summed E-state index contributed by atoms with van der Waals surface area (Å²) in [4.78, 5) is 0. The molecule has 6 nitrogen and oxygen atoms in total. The summed E-state index contributed by atoms with van der Waals surface area (Å²) in [5.74, 6) is 0.149. The number of nitrogens with one attached hydrogen (secondary N) is 1. The molecule has 0 aliphatic heterocycles. The second-order valence-corrected chi connectivity index (χ2v) is 6.68. The molecule has 0 radical (unpaired) electrons. The minimum Gasteiger partial charge on any atom is -0.382 e. The van der Waals surface area contributed by atoms with E-state index in [1.165, 1.54) is 6.07 Å². The van der Waals surface area contributed by atoms with Gasteiger partial charge in [0.25, 0.3) is 0 Å². The van der Waals surface area contributed by atoms with Crippen LogP contribution in [0.2, 0.25) is 0 Å². The number of halogens is 3. The van der Waals surface area contributed by atoms with Gasteiger partial charge in [-0.15, -0.1) is 10.2 Å². The average molecular weight is 346 g/mol. The predicted octanol–water partition coefficient (Wildman–Crippen LogP) is 2.42. The average Bonchev–Trinajstić information content (AvgIpc) is 2.36. The highest BCUT2D eigenvalue weighted by Gasteiger charge is 2.31. The molecule has 3 N–H and O–H groups in total. The zero-order valence-corrected chi connectivity index (χ0v) is 13.0. The van der Waals surface area contributed by atoms with Crippen LogP contribution in [0, 0.1) is 6.92 Å². The van der Waals surface area contributed by atoms with E-state index in [-0.39, 0.29) is 22.8 Å². The van der Waals surface area contributed by atoms with Crippen molar-refractivity contribution in [1.29, 1.82) is 0 Å². The van der Waals surface area contributed by atoms with Gasteiger partial charge in [-0.3, -0.25) is 4.72 Å². The van der Waals surface area contributed by atoms with Crippen LogP contribution in [0.1, 0.15) is 11.1 Å². The molecule has 23 heavy (non-hydrogen) atoms. The highest BCUT2D eigenvalue weighted by atomic mass is 32.2. The van der Waals surface area contributed by atoms with Crippen LogP contribution in [0.4, 0.5) is 24.7 Å². The lowest BCUT2D eigenvalue weighted by Crippen LogP contribution is -2.13. The zero-order valence-electron chi connectivity index (χ0n) is 12.1. The maximum absolute atomic E-state index is 12.8. The number of anilines is 2. The molecule has 0 aliphatic carbocycles. The van der Waals surface area contributed by atoms with Gasteiger partial charge < -0.3 is 5.73 Å². The number of nitrogens with zero attached hydrogens (tertiary/aromatic N) is 2. The van der Waals surface area contributed by atoms with E-state index in [1.54, 1.807) is 6.92 Å². The van der Waals surface area contributed by atoms with E-state index in [4.69, 9.17) is 5.73 Å². The molecule has 0 aliphatic rings. The first-order valence-corrected chi connectivity index (χ1v) is 8.16. The van der Waals surface area contributed by atoms with Gasteiger partial charge in [-0.25, -0.2) is 8.42 Å². The van der Waals surface area contributed by atoms with Crippen LogP contribution in [0.25, 0.3) is 11.3 Å². The van der Waals surface area contributed by atoms with E-state index >= 15 is 0 Å². The van der Waals surface area contributed by atoms with Gasteiger partial charge in [0, 0.05) is 5.56 Å². The van der Waals surface area contributed by atoms with Gasteiger partial charge in [0.15, 0.2) is 0 Å². The summed E-state index contributed by atoms with van der Waals surface area (Å²) in [6.45, 7) is 1.64. The van der Waals surface area contributed by atoms with Crippen LogP contribution in [-0.2, 0) is 16.2 Å². The molecule has 1 aromatic carbocycles. The molecule has 1 aromatic heterocycles. The lowest BCUT2D eigenvalue weighted by molar-refractivity contribution is -0.137. The molecular formula is C13H13F3N4O2S. The van der Waals surface area contributed by atoms with Crippen LogP contribution >= 0.6 is 0 Å². The third kappa shape index (κ3) is 4.09. The fourth-order valence-electron chi connectivity index (χ4n) is 1.98. The fraction of sp³-hybridized carbons (Fsp3) is 0.231. The summed E-state index contributed by atoms with van der Waals surface area (Å²) in [5.41, 5.74) is 5.24. The minimum absolute atomic E-state index is 0.149. The third-order valence-corrected chi connectivity index (χ3v) is 3.49. The van der Waals surface area contributed by atoms with E-state index in [0.717, 1.165) is 18.4 Å². The highest BCUT2D eigenvalue weighted by molar-refractivity contribution is 7.92. The monoisotopic (exact) mass is 346 g/mol. The Labute approximate surface area is 130 Å². The van der Waals surface area contributed by atoms with Gasteiger partial charge in [-0.1, -0.05) is 6.07 Å². The fourth-order valence-corrected chi connectivity index (χ4v) is 2.55. The van der Waals surface area contributed by atoms with Gasteiger partial charge in [0.2, 0.25) is 10.0 Å². The Morgan fingerprint density at radius 2 is 1.83 bits per heavy atom. The van der Waals surface area contributed by atoms with Gasteiger partial charge in [-0.2, -0.15) is 13.2 Å². The van der Waals surface area contributed by atoms with Crippen LogP contribution in [0.3, 0.4) is 0 Å². The molecule has 0 spiro atoms. The number of hydrogen-bond donors (Lipinski definition) is 2. The van der Waals surface area contributed by atoms with Crippen molar-refractivity contribution < 1.29 is 21.6 Å². The molecule has 2 rings (SSSR count). The van der Waals surface area contributed by atoms with Crippen molar-refractivity contribution in [2.75, 3.05) is 16.7 Å². The number of alkyl halides is 3. The van der Waals surface area contributed by atoms with Crippen molar-refractivity contribution in [3.8, 4) is 11.3 Å². The van der Waals surface area contributed by atoms with Gasteiger partial charge in [0.05, 0.1) is 23.2 Å². The first-order chi connectivity index (χ1) is 10.5. The van der Waals surface area contributed by atoms with Crippen molar-refractivity contribution in [3.05, 3.63) is 35.4 Å². The maximum Gasteiger partial charge on any atom is 0.416 e. The number of aromatic nitrogens is 2. The molecule has 0 fully saturated rings. The Morgan fingerprint density at radius 1 is 1.17 bits per heavy atom. The molecule has 0 amide bonds. The maximum atomic E-state index is 12.8. The summed E-state index contributed by atoms with van der Waals surface area (Å²) in [7, 11) is -3.78. The zero-order chi connectivity index (χ0) is 17.4. The Kier molecular flexibility index (Phi) is 4.20. The Balaban J connectivity index is 2.67. The normalized spacial score (nSPS) is 12.2. The number of nitrogens with two attached hydrogens (primary N) is 1. The molecule has 0 bridgehead atoms. The summed E-state index contributed by atoms with van der Waals surface area (Å²) in [6, 6.07) is 4.20. The first-order valence-electron chi connectivity index (χ1n) is 6.26. The SMILES string of the molecule is Cc1cc(N)nnc1-c1ccc(C(F)(F)F)cc1NS(C)(=O)=O. The smallest absolute Gasteiger partial charge is 0.382 e. The lowest BCUT2D eigenvalue weighted by Gasteiger charge is -2.15. The second-order valence-electron chi connectivity index (χ2n) is 4.93. The van der Waals surface area contributed by atoms with Gasteiger partial charge in [-0.05, 0) is 30.7 Å². The Hall–Kier alpha value is -2.36. The summed E-state index contributed by atoms with van der Waals surface area (Å²) >= 11 is 0. The Morgan fingerprint density at radius 3 is 2.35 bits per heavy atom. The van der Waals surface area contributed by atoms with Crippen LogP contribution in [0.5, 0.6) is 0 Å². The first kappa shape index (κ1) is 17.0. The molecule has 0 saturated carbocycles. The highest BCUT2D eigenvalue weighted by Crippen LogP contribution is 2.36. The molecular weight excluding hydrogens is 333 g/mol. The topological polar surface area (TPSA) is 98.0 Å². The number of hydrogen-bond acceptors (Lipinski definition) is 5.